The van der Waals surface area contributed by atoms with Crippen molar-refractivity contribution in [3.63, 3.8) is 0 Å². The standard InChI is InChI=1S/C26H40N4O8/c1-5-15(4)22(30-23(34)18(27)12-14(2)3)25(36)28-19(10-11-21(32)33)24(35)29-20(26(37)38)13-16-6-8-17(31)9-7-16/h6-9,14-15,18-20,22,31H,5,10-13,27H2,1-4H3,(H,28,36)(H,29,35)(H,30,34)(H,32,33)(H,37,38). The van der Waals surface area contributed by atoms with Crippen molar-refractivity contribution >= 4 is 29.7 Å². The largest absolute Gasteiger partial charge is 0.508 e. The maximum absolute atomic E-state index is 13.2. The smallest absolute Gasteiger partial charge is 0.326 e. The van der Waals surface area contributed by atoms with Gasteiger partial charge in [0.1, 0.15) is 23.9 Å². The minimum Gasteiger partial charge on any atom is -0.508 e. The highest BCUT2D eigenvalue weighted by Gasteiger charge is 2.32. The van der Waals surface area contributed by atoms with E-state index in [0.717, 1.165) is 0 Å². The highest BCUT2D eigenvalue weighted by atomic mass is 16.4. The number of carboxylic acid groups (broad SMARTS) is 2. The lowest BCUT2D eigenvalue weighted by Gasteiger charge is -2.28. The maximum Gasteiger partial charge on any atom is 0.326 e. The molecule has 0 aliphatic heterocycles. The Hall–Kier alpha value is -3.67. The molecule has 0 aromatic heterocycles. The minimum atomic E-state index is -1.38. The zero-order valence-corrected chi connectivity index (χ0v) is 22.3. The van der Waals surface area contributed by atoms with Crippen LogP contribution in [0.4, 0.5) is 0 Å². The lowest BCUT2D eigenvalue weighted by molar-refractivity contribution is -0.143. The van der Waals surface area contributed by atoms with Gasteiger partial charge in [0, 0.05) is 12.8 Å². The van der Waals surface area contributed by atoms with Gasteiger partial charge in [0.15, 0.2) is 0 Å². The molecule has 0 saturated heterocycles. The molecule has 38 heavy (non-hydrogen) atoms. The predicted octanol–water partition coefficient (Wildman–Crippen LogP) is 0.758. The monoisotopic (exact) mass is 536 g/mol. The average Bonchev–Trinajstić information content (AvgIpc) is 2.84. The first kappa shape index (κ1) is 32.4. The van der Waals surface area contributed by atoms with E-state index in [-0.39, 0.29) is 30.4 Å². The fourth-order valence-corrected chi connectivity index (χ4v) is 3.72. The first-order valence-electron chi connectivity index (χ1n) is 12.6. The van der Waals surface area contributed by atoms with Crippen molar-refractivity contribution in [2.75, 3.05) is 0 Å². The zero-order chi connectivity index (χ0) is 29.0. The molecule has 12 nitrogen and oxygen atoms in total. The molecule has 0 saturated carbocycles. The number of phenols is 1. The molecule has 12 heteroatoms. The SMILES string of the molecule is CCC(C)C(NC(=O)C(N)CC(C)C)C(=O)NC(CCC(=O)O)C(=O)NC(Cc1ccc(O)cc1)C(=O)O. The van der Waals surface area contributed by atoms with Gasteiger partial charge in [-0.3, -0.25) is 19.2 Å². The van der Waals surface area contributed by atoms with Gasteiger partial charge >= 0.3 is 11.9 Å². The summed E-state index contributed by atoms with van der Waals surface area (Å²) in [4.78, 5) is 61.8. The van der Waals surface area contributed by atoms with Gasteiger partial charge in [0.2, 0.25) is 17.7 Å². The molecule has 0 bridgehead atoms. The van der Waals surface area contributed by atoms with E-state index in [2.05, 4.69) is 16.0 Å². The van der Waals surface area contributed by atoms with E-state index in [0.29, 0.717) is 18.4 Å². The predicted molar refractivity (Wildman–Crippen MR) is 139 cm³/mol. The Morgan fingerprint density at radius 3 is 1.95 bits per heavy atom. The fraction of sp³-hybridized carbons (Fsp3) is 0.577. The van der Waals surface area contributed by atoms with Gasteiger partial charge in [-0.2, -0.15) is 0 Å². The molecule has 1 aromatic rings. The van der Waals surface area contributed by atoms with Crippen LogP contribution in [-0.4, -0.2) is 69.1 Å². The Morgan fingerprint density at radius 1 is 0.868 bits per heavy atom. The molecule has 1 aromatic carbocycles. The number of carboxylic acids is 2. The Morgan fingerprint density at radius 2 is 1.45 bits per heavy atom. The summed E-state index contributed by atoms with van der Waals surface area (Å²) in [6.45, 7) is 7.37. The lowest BCUT2D eigenvalue weighted by Crippen LogP contribution is -2.58. The van der Waals surface area contributed by atoms with Crippen molar-refractivity contribution in [1.29, 1.82) is 0 Å². The number of hydrogen-bond donors (Lipinski definition) is 7. The molecule has 5 atom stereocenters. The van der Waals surface area contributed by atoms with Crippen LogP contribution in [0.3, 0.4) is 0 Å². The fourth-order valence-electron chi connectivity index (χ4n) is 3.72. The number of carbonyl (C=O) groups excluding carboxylic acids is 3. The van der Waals surface area contributed by atoms with Crippen molar-refractivity contribution in [3.05, 3.63) is 29.8 Å². The van der Waals surface area contributed by atoms with E-state index < -0.39 is 60.2 Å². The number of aliphatic carboxylic acids is 2. The zero-order valence-electron chi connectivity index (χ0n) is 22.3. The van der Waals surface area contributed by atoms with Gasteiger partial charge in [-0.1, -0.05) is 46.2 Å². The number of nitrogens with two attached hydrogens (primary N) is 1. The summed E-state index contributed by atoms with van der Waals surface area (Å²) in [6.07, 6.45) is 0.0415. The first-order valence-corrected chi connectivity index (χ1v) is 12.6. The summed E-state index contributed by atoms with van der Waals surface area (Å²) in [6, 6.07) is 1.14. The molecule has 212 valence electrons. The molecule has 0 spiro atoms. The van der Waals surface area contributed by atoms with Crippen LogP contribution < -0.4 is 21.7 Å². The summed E-state index contributed by atoms with van der Waals surface area (Å²) >= 11 is 0. The highest BCUT2D eigenvalue weighted by molar-refractivity contribution is 5.94. The average molecular weight is 537 g/mol. The van der Waals surface area contributed by atoms with Crippen LogP contribution in [0.25, 0.3) is 0 Å². The van der Waals surface area contributed by atoms with Crippen molar-refractivity contribution in [2.24, 2.45) is 17.6 Å². The molecule has 0 heterocycles. The van der Waals surface area contributed by atoms with Crippen molar-refractivity contribution in [1.82, 2.24) is 16.0 Å². The van der Waals surface area contributed by atoms with E-state index in [1.54, 1.807) is 6.92 Å². The van der Waals surface area contributed by atoms with Gasteiger partial charge in [0.25, 0.3) is 0 Å². The van der Waals surface area contributed by atoms with E-state index in [4.69, 9.17) is 10.8 Å². The van der Waals surface area contributed by atoms with Gasteiger partial charge in [0.05, 0.1) is 6.04 Å². The summed E-state index contributed by atoms with van der Waals surface area (Å²) in [5.74, 6) is -4.84. The van der Waals surface area contributed by atoms with Gasteiger partial charge in [-0.25, -0.2) is 4.79 Å². The quantitative estimate of drug-likeness (QED) is 0.159. The van der Waals surface area contributed by atoms with Crippen LogP contribution in [0.1, 0.15) is 58.9 Å². The van der Waals surface area contributed by atoms with Gasteiger partial charge < -0.3 is 37.0 Å². The Bertz CT molecular complexity index is 966. The molecule has 0 radical (unpaired) electrons. The molecule has 0 aliphatic rings. The van der Waals surface area contributed by atoms with Crippen molar-refractivity contribution in [2.45, 2.75) is 84.0 Å². The lowest BCUT2D eigenvalue weighted by atomic mass is 9.96. The van der Waals surface area contributed by atoms with Crippen LogP contribution in [0.2, 0.25) is 0 Å². The number of amides is 3. The summed E-state index contributed by atoms with van der Waals surface area (Å²) in [5, 5.41) is 35.7. The van der Waals surface area contributed by atoms with E-state index >= 15 is 0 Å². The van der Waals surface area contributed by atoms with Crippen LogP contribution in [0, 0.1) is 11.8 Å². The maximum atomic E-state index is 13.2. The van der Waals surface area contributed by atoms with Gasteiger partial charge in [-0.15, -0.1) is 0 Å². The number of rotatable bonds is 16. The third-order valence-corrected chi connectivity index (χ3v) is 6.13. The van der Waals surface area contributed by atoms with E-state index in [1.165, 1.54) is 24.3 Å². The second-order valence-corrected chi connectivity index (χ2v) is 9.87. The van der Waals surface area contributed by atoms with E-state index in [9.17, 15) is 34.2 Å². The number of phenolic OH excluding ortho intramolecular Hbond substituents is 1. The number of benzene rings is 1. The van der Waals surface area contributed by atoms with Crippen LogP contribution in [-0.2, 0) is 30.4 Å². The van der Waals surface area contributed by atoms with Crippen LogP contribution in [0.5, 0.6) is 5.75 Å². The molecule has 3 amide bonds. The van der Waals surface area contributed by atoms with Crippen molar-refractivity contribution in [3.8, 4) is 5.75 Å². The molecule has 8 N–H and O–H groups in total. The Labute approximate surface area is 222 Å². The molecule has 1 rings (SSSR count). The summed E-state index contributed by atoms with van der Waals surface area (Å²) < 4.78 is 0. The van der Waals surface area contributed by atoms with Crippen LogP contribution >= 0.6 is 0 Å². The molecular formula is C26H40N4O8. The number of carbonyl (C=O) groups is 5. The number of nitrogens with one attached hydrogen (secondary N) is 3. The normalized spacial score (nSPS) is 15.0. The van der Waals surface area contributed by atoms with Crippen molar-refractivity contribution < 1.29 is 39.3 Å². The highest BCUT2D eigenvalue weighted by Crippen LogP contribution is 2.13. The number of hydrogen-bond acceptors (Lipinski definition) is 7. The third-order valence-electron chi connectivity index (χ3n) is 6.13. The molecule has 0 aliphatic carbocycles. The first-order chi connectivity index (χ1) is 17.7. The minimum absolute atomic E-state index is 0.00535. The molecule has 5 unspecified atom stereocenters. The Kier molecular flexibility index (Phi) is 13.2. The van der Waals surface area contributed by atoms with E-state index in [1.807, 2.05) is 20.8 Å². The second-order valence-electron chi connectivity index (χ2n) is 9.87. The molecule has 0 fully saturated rings. The topological polar surface area (TPSA) is 208 Å². The summed E-state index contributed by atoms with van der Waals surface area (Å²) in [7, 11) is 0. The Balaban J connectivity index is 3.07. The third kappa shape index (κ3) is 11.2. The second kappa shape index (κ2) is 15.6. The summed E-state index contributed by atoms with van der Waals surface area (Å²) in [5.41, 5.74) is 6.48. The van der Waals surface area contributed by atoms with Crippen LogP contribution in [0.15, 0.2) is 24.3 Å². The van der Waals surface area contributed by atoms with Gasteiger partial charge in [-0.05, 0) is 42.4 Å². The number of aromatic hydroxyl groups is 1. The molecular weight excluding hydrogens is 496 g/mol.